The van der Waals surface area contributed by atoms with Gasteiger partial charge in [-0.05, 0) is 6.92 Å². The zero-order chi connectivity index (χ0) is 8.55. The normalized spacial score (nSPS) is 10.5. The van der Waals surface area contributed by atoms with Gasteiger partial charge in [-0.3, -0.25) is 9.61 Å². The van der Waals surface area contributed by atoms with Crippen LogP contribution in [0.4, 0.5) is 5.82 Å². The first-order chi connectivity index (χ1) is 5.83. The van der Waals surface area contributed by atoms with Crippen LogP contribution in [0.1, 0.15) is 5.82 Å². The lowest BCUT2D eigenvalue weighted by atomic mass is 10.6. The van der Waals surface area contributed by atoms with E-state index in [-0.39, 0.29) is 0 Å². The van der Waals surface area contributed by atoms with Crippen LogP contribution in [-0.4, -0.2) is 24.8 Å². The van der Waals surface area contributed by atoms with E-state index in [1.54, 1.807) is 16.8 Å². The number of hydrogen-bond donors (Lipinski definition) is 2. The van der Waals surface area contributed by atoms with Crippen molar-refractivity contribution in [1.29, 1.82) is 0 Å². The Morgan fingerprint density at radius 1 is 1.50 bits per heavy atom. The van der Waals surface area contributed by atoms with Gasteiger partial charge in [0.25, 0.3) is 0 Å². The first-order valence-corrected chi connectivity index (χ1v) is 3.39. The molecule has 0 unspecified atom stereocenters. The summed E-state index contributed by atoms with van der Waals surface area (Å²) in [6.45, 7) is 1.82. The minimum absolute atomic E-state index is 0.304. The van der Waals surface area contributed by atoms with Crippen LogP contribution in [0.2, 0.25) is 0 Å². The molecule has 0 radical (unpaired) electrons. The van der Waals surface area contributed by atoms with Crippen molar-refractivity contribution >= 4 is 11.5 Å². The summed E-state index contributed by atoms with van der Waals surface area (Å²) in [5, 5.41) is 16.3. The van der Waals surface area contributed by atoms with Crippen LogP contribution in [-0.2, 0) is 0 Å². The van der Waals surface area contributed by atoms with Crippen molar-refractivity contribution in [2.24, 2.45) is 0 Å². The van der Waals surface area contributed by atoms with E-state index in [1.807, 2.05) is 12.4 Å². The first kappa shape index (κ1) is 6.99. The van der Waals surface area contributed by atoms with E-state index in [2.05, 4.69) is 15.2 Å². The zero-order valence-corrected chi connectivity index (χ0v) is 6.39. The largest absolute Gasteiger partial charge is 0.290 e. The fourth-order valence-corrected chi connectivity index (χ4v) is 1.02. The molecule has 0 spiro atoms. The molecule has 2 rings (SSSR count). The second-order valence-electron chi connectivity index (χ2n) is 2.33. The van der Waals surface area contributed by atoms with E-state index in [9.17, 15) is 0 Å². The SMILES string of the molecule is Cc1nnc2c(NO)nccn12. The second-order valence-corrected chi connectivity index (χ2v) is 2.33. The van der Waals surface area contributed by atoms with Gasteiger partial charge in [-0.15, -0.1) is 10.2 Å². The van der Waals surface area contributed by atoms with Crippen molar-refractivity contribution in [3.05, 3.63) is 18.2 Å². The third kappa shape index (κ3) is 0.817. The van der Waals surface area contributed by atoms with E-state index in [4.69, 9.17) is 5.21 Å². The molecule has 0 aliphatic carbocycles. The Hall–Kier alpha value is -1.69. The quantitative estimate of drug-likeness (QED) is 0.592. The van der Waals surface area contributed by atoms with Crippen molar-refractivity contribution in [3.8, 4) is 0 Å². The summed E-state index contributed by atoms with van der Waals surface area (Å²) < 4.78 is 1.73. The highest BCUT2D eigenvalue weighted by Crippen LogP contribution is 2.09. The summed E-state index contributed by atoms with van der Waals surface area (Å²) in [6, 6.07) is 0. The third-order valence-corrected chi connectivity index (χ3v) is 1.60. The molecule has 2 N–H and O–H groups in total. The monoisotopic (exact) mass is 165 g/mol. The summed E-state index contributed by atoms with van der Waals surface area (Å²) in [5.74, 6) is 1.06. The van der Waals surface area contributed by atoms with Crippen molar-refractivity contribution < 1.29 is 5.21 Å². The summed E-state index contributed by atoms with van der Waals surface area (Å²) in [6.07, 6.45) is 3.29. The summed E-state index contributed by atoms with van der Waals surface area (Å²) in [7, 11) is 0. The molecular weight excluding hydrogens is 158 g/mol. The number of aryl methyl sites for hydroxylation is 1. The van der Waals surface area contributed by atoms with Gasteiger partial charge in [-0.2, -0.15) is 0 Å². The fourth-order valence-electron chi connectivity index (χ4n) is 1.02. The van der Waals surface area contributed by atoms with Gasteiger partial charge in [0.2, 0.25) is 5.65 Å². The molecule has 2 aromatic rings. The van der Waals surface area contributed by atoms with Crippen LogP contribution in [0.5, 0.6) is 0 Å². The molecule has 0 aliphatic heterocycles. The molecule has 6 nitrogen and oxygen atoms in total. The highest BCUT2D eigenvalue weighted by molar-refractivity contribution is 5.60. The van der Waals surface area contributed by atoms with Gasteiger partial charge in [0, 0.05) is 12.4 Å². The van der Waals surface area contributed by atoms with Gasteiger partial charge >= 0.3 is 0 Å². The average Bonchev–Trinajstić information content (AvgIpc) is 2.48. The predicted molar refractivity (Wildman–Crippen MR) is 40.9 cm³/mol. The molecule has 0 fully saturated rings. The smallest absolute Gasteiger partial charge is 0.205 e. The van der Waals surface area contributed by atoms with Gasteiger partial charge in [0.1, 0.15) is 5.82 Å². The van der Waals surface area contributed by atoms with Crippen LogP contribution in [0, 0.1) is 6.92 Å². The van der Waals surface area contributed by atoms with E-state index in [1.165, 1.54) is 0 Å². The molecule has 0 saturated heterocycles. The number of hydrogen-bond acceptors (Lipinski definition) is 5. The molecule has 0 saturated carbocycles. The minimum Gasteiger partial charge on any atom is -0.290 e. The molecule has 12 heavy (non-hydrogen) atoms. The third-order valence-electron chi connectivity index (χ3n) is 1.60. The number of anilines is 1. The molecular formula is C6H7N5O. The summed E-state index contributed by atoms with van der Waals surface area (Å²) >= 11 is 0. The lowest BCUT2D eigenvalue weighted by molar-refractivity contribution is 0.386. The molecule has 2 heterocycles. The number of fused-ring (bicyclic) bond motifs is 1. The minimum atomic E-state index is 0.304. The maximum Gasteiger partial charge on any atom is 0.205 e. The Morgan fingerprint density at radius 2 is 2.33 bits per heavy atom. The molecule has 0 aromatic carbocycles. The van der Waals surface area contributed by atoms with E-state index in [0.717, 1.165) is 5.82 Å². The Kier molecular flexibility index (Phi) is 1.41. The van der Waals surface area contributed by atoms with Crippen LogP contribution >= 0.6 is 0 Å². The van der Waals surface area contributed by atoms with E-state index < -0.39 is 0 Å². The van der Waals surface area contributed by atoms with Crippen LogP contribution in [0.3, 0.4) is 0 Å². The molecule has 6 heteroatoms. The van der Waals surface area contributed by atoms with Crippen LogP contribution in [0.25, 0.3) is 5.65 Å². The van der Waals surface area contributed by atoms with Crippen molar-refractivity contribution in [2.75, 3.05) is 5.48 Å². The lowest BCUT2D eigenvalue weighted by Gasteiger charge is -1.98. The Bertz CT molecular complexity index is 409. The molecule has 0 atom stereocenters. The fraction of sp³-hybridized carbons (Fsp3) is 0.167. The number of nitrogens with one attached hydrogen (secondary N) is 1. The molecule has 2 aromatic heterocycles. The zero-order valence-electron chi connectivity index (χ0n) is 6.39. The number of aromatic nitrogens is 4. The Labute approximate surface area is 67.8 Å². The highest BCUT2D eigenvalue weighted by Gasteiger charge is 2.05. The number of rotatable bonds is 1. The summed E-state index contributed by atoms with van der Waals surface area (Å²) in [5.41, 5.74) is 2.46. The first-order valence-electron chi connectivity index (χ1n) is 3.39. The van der Waals surface area contributed by atoms with E-state index in [0.29, 0.717) is 11.5 Å². The summed E-state index contributed by atoms with van der Waals surface area (Å²) in [4.78, 5) is 3.85. The van der Waals surface area contributed by atoms with Crippen molar-refractivity contribution in [1.82, 2.24) is 19.6 Å². The topological polar surface area (TPSA) is 75.3 Å². The Balaban J connectivity index is 2.81. The van der Waals surface area contributed by atoms with Gasteiger partial charge in [-0.1, -0.05) is 0 Å². The predicted octanol–water partition coefficient (Wildman–Crippen LogP) is 0.234. The molecule has 0 aliphatic rings. The second kappa shape index (κ2) is 2.42. The number of nitrogens with zero attached hydrogens (tertiary/aromatic N) is 4. The van der Waals surface area contributed by atoms with Gasteiger partial charge < -0.3 is 0 Å². The maximum atomic E-state index is 8.65. The van der Waals surface area contributed by atoms with E-state index >= 15 is 0 Å². The maximum absolute atomic E-state index is 8.65. The lowest BCUT2D eigenvalue weighted by Crippen LogP contribution is -1.97. The highest BCUT2D eigenvalue weighted by atomic mass is 16.5. The van der Waals surface area contributed by atoms with Gasteiger partial charge in [0.15, 0.2) is 5.82 Å². The molecule has 62 valence electrons. The average molecular weight is 165 g/mol. The van der Waals surface area contributed by atoms with Crippen LogP contribution < -0.4 is 5.48 Å². The molecule has 0 amide bonds. The molecule has 0 bridgehead atoms. The Morgan fingerprint density at radius 3 is 3.08 bits per heavy atom. The van der Waals surface area contributed by atoms with Gasteiger partial charge in [0.05, 0.1) is 0 Å². The van der Waals surface area contributed by atoms with Crippen LogP contribution in [0.15, 0.2) is 12.4 Å². The van der Waals surface area contributed by atoms with Crippen molar-refractivity contribution in [3.63, 3.8) is 0 Å². The van der Waals surface area contributed by atoms with Gasteiger partial charge in [-0.25, -0.2) is 10.5 Å². The standard InChI is InChI=1S/C6H7N5O/c1-4-8-9-6-5(10-12)7-2-3-11(4)6/h2-3,12H,1H3,(H,7,10). The van der Waals surface area contributed by atoms with Crippen molar-refractivity contribution in [2.45, 2.75) is 6.92 Å².